The lowest BCUT2D eigenvalue weighted by Crippen LogP contribution is -2.20. The Kier molecular flexibility index (Phi) is 17.5. The first-order valence-electron chi connectivity index (χ1n) is 25.1. The van der Waals surface area contributed by atoms with Gasteiger partial charge in [0.2, 0.25) is 23.8 Å². The zero-order valence-corrected chi connectivity index (χ0v) is 44.8. The number of fused-ring (bicyclic) bond motifs is 4. The van der Waals surface area contributed by atoms with Gasteiger partial charge in [0.1, 0.15) is 17.1 Å². The van der Waals surface area contributed by atoms with Crippen LogP contribution in [-0.2, 0) is 17.4 Å². The minimum absolute atomic E-state index is 0.00379. The topological polar surface area (TPSA) is 276 Å². The molecule has 0 saturated carbocycles. The summed E-state index contributed by atoms with van der Waals surface area (Å²) < 4.78 is 88.5. The van der Waals surface area contributed by atoms with Gasteiger partial charge in [0.25, 0.3) is 28.1 Å². The van der Waals surface area contributed by atoms with Crippen LogP contribution in [0.1, 0.15) is 11.1 Å². The minimum Gasteiger partial charge on any atom is -0.431 e. The third-order valence-electron chi connectivity index (χ3n) is 12.9. The van der Waals surface area contributed by atoms with E-state index in [0.717, 1.165) is 27.5 Å². The van der Waals surface area contributed by atoms with E-state index in [4.69, 9.17) is 17.3 Å². The molecule has 0 atom stereocenters. The van der Waals surface area contributed by atoms with E-state index in [0.29, 0.717) is 32.9 Å². The fourth-order valence-corrected chi connectivity index (χ4v) is 9.15. The Balaban J connectivity index is 0.000000145. The molecule has 0 radical (unpaired) electrons. The molecule has 0 bridgehead atoms. The number of nitro groups is 2. The summed E-state index contributed by atoms with van der Waals surface area (Å²) in [6.45, 7) is 0. The number of nitrogens with zero attached hydrogens (tertiary/aromatic N) is 8. The van der Waals surface area contributed by atoms with Crippen molar-refractivity contribution in [3.05, 3.63) is 291 Å². The average molecular weight is 1210 g/mol. The highest BCUT2D eigenvalue weighted by Gasteiger charge is 2.33. The predicted molar refractivity (Wildman–Crippen MR) is 311 cm³/mol. The highest BCUT2D eigenvalue weighted by atomic mass is 35.5. The number of carbonyl (C=O) groups excluding carboxylic acids is 1. The lowest BCUT2D eigenvalue weighted by Gasteiger charge is -2.13. The van der Waals surface area contributed by atoms with Crippen molar-refractivity contribution in [1.82, 2.24) is 28.7 Å². The number of anilines is 2. The molecular weight excluding hydrogens is 1170 g/mol. The average Bonchev–Trinajstić information content (AvgIpc) is 1.65. The number of amides is 1. The molecule has 0 fully saturated rings. The van der Waals surface area contributed by atoms with Gasteiger partial charge in [-0.3, -0.25) is 53.1 Å². The number of nitro benzene ring substituents is 2. The van der Waals surface area contributed by atoms with Crippen LogP contribution in [0.4, 0.5) is 49.1 Å². The molecule has 0 aliphatic rings. The minimum atomic E-state index is -4.65. The van der Waals surface area contributed by atoms with Crippen LogP contribution >= 0.6 is 11.6 Å². The Bertz CT molecular complexity index is 4940. The summed E-state index contributed by atoms with van der Waals surface area (Å²) in [4.78, 5) is 92.4. The SMILES string of the molecule is Nc1cccc2c(=O)n(-c3cccnc3F)ccc12.O=C(Cc1ccc(Cl)c(C(F)(F)F)c1)Nc1cccc2c(=O)n(-c3cccnc3F)ccc12.O=c1c2cccc([N+](=O)[O-])c2ccn1-c1cccnc1F.O=c1occc2c([N+](=O)[O-])cccc12. The van der Waals surface area contributed by atoms with E-state index in [9.17, 15) is 70.5 Å². The Hall–Kier alpha value is -11.7. The Morgan fingerprint density at radius 2 is 0.989 bits per heavy atom. The third-order valence-corrected chi connectivity index (χ3v) is 13.3. The largest absolute Gasteiger partial charge is 0.431 e. The van der Waals surface area contributed by atoms with E-state index in [1.54, 1.807) is 36.4 Å². The summed E-state index contributed by atoms with van der Waals surface area (Å²) in [5.41, 5.74) is 3.61. The molecule has 0 aliphatic carbocycles. The van der Waals surface area contributed by atoms with Crippen LogP contribution in [0.25, 0.3) is 60.2 Å². The summed E-state index contributed by atoms with van der Waals surface area (Å²) in [5, 5.41) is 26.3. The second kappa shape index (κ2) is 25.4. The number of carbonyl (C=O) groups is 1. The molecule has 7 heterocycles. The maximum atomic E-state index is 14.0. The molecule has 3 N–H and O–H groups in total. The fraction of sp³-hybridized carbons (Fsp3) is 0.0333. The number of rotatable bonds is 8. The van der Waals surface area contributed by atoms with Crippen LogP contribution in [0.3, 0.4) is 0 Å². The monoisotopic (exact) mass is 1210 g/mol. The summed E-state index contributed by atoms with van der Waals surface area (Å²) in [6, 6.07) is 36.4. The summed E-state index contributed by atoms with van der Waals surface area (Å²) >= 11 is 5.61. The molecule has 12 rings (SSSR count). The maximum absolute atomic E-state index is 14.0. The van der Waals surface area contributed by atoms with Crippen molar-refractivity contribution in [1.29, 1.82) is 0 Å². The molecule has 0 saturated heterocycles. The van der Waals surface area contributed by atoms with Gasteiger partial charge in [-0.2, -0.15) is 26.3 Å². The van der Waals surface area contributed by atoms with Gasteiger partial charge in [-0.25, -0.2) is 19.7 Å². The Morgan fingerprint density at radius 3 is 1.48 bits per heavy atom. The first kappa shape index (κ1) is 59.9. The normalized spacial score (nSPS) is 11.0. The fourth-order valence-electron chi connectivity index (χ4n) is 8.92. The number of aromatic nitrogens is 6. The number of hydrogen-bond acceptors (Lipinski definition) is 14. The van der Waals surface area contributed by atoms with Crippen molar-refractivity contribution < 1.29 is 45.4 Å². The van der Waals surface area contributed by atoms with E-state index in [1.807, 2.05) is 0 Å². The third kappa shape index (κ3) is 12.9. The maximum Gasteiger partial charge on any atom is 0.417 e. The molecule has 436 valence electrons. The zero-order valence-electron chi connectivity index (χ0n) is 44.1. The van der Waals surface area contributed by atoms with Crippen molar-refractivity contribution in [3.63, 3.8) is 0 Å². The lowest BCUT2D eigenvalue weighted by atomic mass is 10.1. The number of pyridine rings is 6. The van der Waals surface area contributed by atoms with Crippen LogP contribution in [-0.4, -0.2) is 44.4 Å². The molecular formula is C60H37ClF6N10O10. The van der Waals surface area contributed by atoms with Crippen molar-refractivity contribution in [3.8, 4) is 17.1 Å². The van der Waals surface area contributed by atoms with Crippen LogP contribution in [0.15, 0.2) is 219 Å². The van der Waals surface area contributed by atoms with Gasteiger partial charge in [-0.15, -0.1) is 0 Å². The van der Waals surface area contributed by atoms with E-state index < -0.39 is 67.1 Å². The molecule has 27 heteroatoms. The van der Waals surface area contributed by atoms with Crippen LogP contribution in [0.5, 0.6) is 0 Å². The molecule has 1 amide bonds. The number of nitrogen functional groups attached to an aromatic ring is 1. The highest BCUT2D eigenvalue weighted by molar-refractivity contribution is 6.31. The van der Waals surface area contributed by atoms with E-state index in [2.05, 4.69) is 24.7 Å². The van der Waals surface area contributed by atoms with Gasteiger partial charge in [0.05, 0.1) is 54.7 Å². The Morgan fingerprint density at radius 1 is 0.552 bits per heavy atom. The molecule has 0 unspecified atom stereocenters. The number of halogens is 7. The van der Waals surface area contributed by atoms with Gasteiger partial charge in [-0.05, 0) is 115 Å². The van der Waals surface area contributed by atoms with E-state index in [-0.39, 0.29) is 67.5 Å². The summed E-state index contributed by atoms with van der Waals surface area (Å²) in [5.74, 6) is -2.87. The van der Waals surface area contributed by atoms with Gasteiger partial charge < -0.3 is 15.5 Å². The number of nitrogens with two attached hydrogens (primary N) is 1. The summed E-state index contributed by atoms with van der Waals surface area (Å²) in [6.07, 6.45) is 4.20. The Labute approximate surface area is 487 Å². The van der Waals surface area contributed by atoms with Crippen LogP contribution in [0, 0.1) is 38.1 Å². The number of alkyl halides is 3. The number of non-ortho nitro benzene ring substituents is 2. The van der Waals surface area contributed by atoms with E-state index >= 15 is 0 Å². The number of benzene rings is 5. The van der Waals surface area contributed by atoms with Gasteiger partial charge >= 0.3 is 11.8 Å². The zero-order chi connectivity index (χ0) is 62.3. The first-order valence-corrected chi connectivity index (χ1v) is 25.5. The van der Waals surface area contributed by atoms with Crippen molar-refractivity contribution >= 4 is 83.3 Å². The quantitative estimate of drug-likeness (QED) is 0.0471. The molecule has 0 spiro atoms. The second-order valence-electron chi connectivity index (χ2n) is 18.2. The number of nitrogens with one attached hydrogen (secondary N) is 1. The van der Waals surface area contributed by atoms with Crippen molar-refractivity contribution in [2.45, 2.75) is 12.6 Å². The van der Waals surface area contributed by atoms with Crippen LogP contribution < -0.4 is 33.4 Å². The standard InChI is InChI=1S/C23H14ClF4N3O2.C14H8FN3O3.C14H10FN3O.C9H5NO4/c24-17-7-6-13(11-16(17)23(26,27)28)12-20(32)30-18-4-1-3-15-14(18)8-10-31(22(15)33)19-5-2-9-29-21(19)25;15-13-12(5-2-7-16-13)17-8-6-9-10(14(17)19)3-1-4-11(9)18(20)21;15-13-12(5-2-7-17-13)18-8-6-9-10(14(18)19)3-1-4-11(9)16;11-9-7-2-1-3-8(10(12)13)6(7)4-5-14-9/h1-11H,12H2,(H,30,32);1-8H;1-8H,16H2;1-5H. The molecule has 12 aromatic rings. The molecule has 20 nitrogen and oxygen atoms in total. The second-order valence-corrected chi connectivity index (χ2v) is 18.6. The van der Waals surface area contributed by atoms with Gasteiger partial charge in [-0.1, -0.05) is 41.9 Å². The van der Waals surface area contributed by atoms with Crippen molar-refractivity contribution in [2.75, 3.05) is 11.1 Å². The molecule has 7 aromatic heterocycles. The predicted octanol–water partition coefficient (Wildman–Crippen LogP) is 11.6. The summed E-state index contributed by atoms with van der Waals surface area (Å²) in [7, 11) is 0. The number of hydrogen-bond donors (Lipinski definition) is 2. The van der Waals surface area contributed by atoms with Crippen LogP contribution in [0.2, 0.25) is 5.02 Å². The van der Waals surface area contributed by atoms with Gasteiger partial charge in [0, 0.05) is 82.2 Å². The first-order chi connectivity index (χ1) is 41.6. The van der Waals surface area contributed by atoms with Gasteiger partial charge in [0.15, 0.2) is 0 Å². The lowest BCUT2D eigenvalue weighted by molar-refractivity contribution is -0.383. The molecule has 87 heavy (non-hydrogen) atoms. The van der Waals surface area contributed by atoms with E-state index in [1.165, 1.54) is 145 Å². The molecule has 5 aromatic carbocycles. The van der Waals surface area contributed by atoms with Crippen molar-refractivity contribution in [2.24, 2.45) is 0 Å². The molecule has 0 aliphatic heterocycles. The smallest absolute Gasteiger partial charge is 0.417 e. The highest BCUT2D eigenvalue weighted by Crippen LogP contribution is 2.35.